The van der Waals surface area contributed by atoms with Crippen molar-refractivity contribution in [3.8, 4) is 11.5 Å². The summed E-state index contributed by atoms with van der Waals surface area (Å²) in [5, 5.41) is -0.120. The highest BCUT2D eigenvalue weighted by Gasteiger charge is 2.27. The lowest BCUT2D eigenvalue weighted by molar-refractivity contribution is -0.129. The standard InChI is InChI=1S/C20H15ClF2INO4/c1-3-4-28-18-15(24)5-10(7-17(18)27-2)6-16-20(26)29-19(25-16)11-8-13(22)14(23)9-12(11)21/h5-9H,3-4H2,1-2H3/b16-6+. The van der Waals surface area contributed by atoms with Gasteiger partial charge in [0.1, 0.15) is 0 Å². The number of ether oxygens (including phenoxy) is 3. The maximum Gasteiger partial charge on any atom is 0.363 e. The molecule has 0 radical (unpaired) electrons. The van der Waals surface area contributed by atoms with Gasteiger partial charge in [-0.05, 0) is 64.9 Å². The van der Waals surface area contributed by atoms with E-state index in [9.17, 15) is 13.6 Å². The smallest absolute Gasteiger partial charge is 0.363 e. The van der Waals surface area contributed by atoms with Crippen LogP contribution in [-0.2, 0) is 9.53 Å². The Morgan fingerprint density at radius 1 is 1.24 bits per heavy atom. The largest absolute Gasteiger partial charge is 0.493 e. The first-order valence-corrected chi connectivity index (χ1v) is 9.97. The molecule has 0 N–H and O–H groups in total. The molecule has 0 atom stereocenters. The first-order valence-electron chi connectivity index (χ1n) is 8.51. The van der Waals surface area contributed by atoms with E-state index in [1.165, 1.54) is 13.2 Å². The van der Waals surface area contributed by atoms with E-state index in [0.717, 1.165) is 22.1 Å². The van der Waals surface area contributed by atoms with Gasteiger partial charge in [-0.25, -0.2) is 18.6 Å². The highest BCUT2D eigenvalue weighted by atomic mass is 127. The average Bonchev–Trinajstić information content (AvgIpc) is 3.03. The highest BCUT2D eigenvalue weighted by molar-refractivity contribution is 14.1. The molecule has 3 rings (SSSR count). The van der Waals surface area contributed by atoms with E-state index in [1.807, 2.05) is 6.92 Å². The van der Waals surface area contributed by atoms with Crippen LogP contribution in [0.25, 0.3) is 6.08 Å². The summed E-state index contributed by atoms with van der Waals surface area (Å²) in [6, 6.07) is 5.13. The number of hydrogen-bond donors (Lipinski definition) is 0. The second kappa shape index (κ2) is 9.08. The normalized spacial score (nSPS) is 14.8. The third kappa shape index (κ3) is 4.69. The van der Waals surface area contributed by atoms with Crippen LogP contribution in [0.3, 0.4) is 0 Å². The van der Waals surface area contributed by atoms with Gasteiger partial charge in [0, 0.05) is 0 Å². The molecule has 0 fully saturated rings. The van der Waals surface area contributed by atoms with Gasteiger partial charge in [0.15, 0.2) is 28.8 Å². The Bertz CT molecular complexity index is 1040. The summed E-state index contributed by atoms with van der Waals surface area (Å²) in [5.74, 6) is -2.04. The zero-order valence-corrected chi connectivity index (χ0v) is 18.3. The Morgan fingerprint density at radius 2 is 1.97 bits per heavy atom. The Kier molecular flexibility index (Phi) is 6.74. The van der Waals surface area contributed by atoms with Crippen LogP contribution >= 0.6 is 34.2 Å². The number of carbonyl (C=O) groups is 1. The Morgan fingerprint density at radius 3 is 2.66 bits per heavy atom. The number of methoxy groups -OCH3 is 1. The molecule has 1 aliphatic heterocycles. The fraction of sp³-hybridized carbons (Fsp3) is 0.200. The quantitative estimate of drug-likeness (QED) is 0.217. The van der Waals surface area contributed by atoms with Crippen molar-refractivity contribution >= 4 is 52.1 Å². The van der Waals surface area contributed by atoms with Crippen molar-refractivity contribution in [2.24, 2.45) is 4.99 Å². The molecule has 1 heterocycles. The molecule has 0 aliphatic carbocycles. The number of carbonyl (C=O) groups excluding carboxylic acids is 1. The second-order valence-electron chi connectivity index (χ2n) is 5.96. The number of esters is 1. The molecule has 0 unspecified atom stereocenters. The second-order valence-corrected chi connectivity index (χ2v) is 7.53. The lowest BCUT2D eigenvalue weighted by atomic mass is 10.1. The van der Waals surface area contributed by atoms with Gasteiger partial charge >= 0.3 is 5.97 Å². The lowest BCUT2D eigenvalue weighted by Crippen LogP contribution is -2.07. The van der Waals surface area contributed by atoms with Crippen LogP contribution in [0.5, 0.6) is 11.5 Å². The van der Waals surface area contributed by atoms with Gasteiger partial charge in [-0.3, -0.25) is 0 Å². The van der Waals surface area contributed by atoms with Crippen molar-refractivity contribution in [2.75, 3.05) is 13.7 Å². The molecule has 5 nitrogen and oxygen atoms in total. The summed E-state index contributed by atoms with van der Waals surface area (Å²) in [6.07, 6.45) is 2.35. The molecule has 0 aromatic heterocycles. The van der Waals surface area contributed by atoms with Gasteiger partial charge in [0.2, 0.25) is 5.90 Å². The number of cyclic esters (lactones) is 1. The van der Waals surface area contributed by atoms with Crippen molar-refractivity contribution in [3.63, 3.8) is 0 Å². The third-order valence-electron chi connectivity index (χ3n) is 3.87. The summed E-state index contributed by atoms with van der Waals surface area (Å²) < 4.78 is 43.8. The zero-order chi connectivity index (χ0) is 21.1. The van der Waals surface area contributed by atoms with Crippen molar-refractivity contribution < 1.29 is 27.8 Å². The molecule has 0 saturated carbocycles. The van der Waals surface area contributed by atoms with Gasteiger partial charge in [0.05, 0.1) is 27.9 Å². The van der Waals surface area contributed by atoms with E-state index in [0.29, 0.717) is 23.7 Å². The van der Waals surface area contributed by atoms with Crippen molar-refractivity contribution in [1.82, 2.24) is 0 Å². The number of halogens is 4. The maximum absolute atomic E-state index is 13.5. The monoisotopic (exact) mass is 533 g/mol. The minimum Gasteiger partial charge on any atom is -0.493 e. The van der Waals surface area contributed by atoms with Crippen LogP contribution < -0.4 is 9.47 Å². The van der Waals surface area contributed by atoms with Crippen molar-refractivity contribution in [2.45, 2.75) is 13.3 Å². The summed E-state index contributed by atoms with van der Waals surface area (Å²) in [6.45, 7) is 2.54. The van der Waals surface area contributed by atoms with E-state index < -0.39 is 17.6 Å². The predicted octanol–water partition coefficient (Wildman–Crippen LogP) is 5.36. The molecule has 2 aromatic carbocycles. The fourth-order valence-electron chi connectivity index (χ4n) is 2.54. The van der Waals surface area contributed by atoms with Gasteiger partial charge in [-0.15, -0.1) is 0 Å². The molecule has 9 heteroatoms. The van der Waals surface area contributed by atoms with Crippen molar-refractivity contribution in [3.05, 3.63) is 61.3 Å². The first-order chi connectivity index (χ1) is 13.8. The first kappa shape index (κ1) is 21.5. The summed E-state index contributed by atoms with van der Waals surface area (Å²) >= 11 is 8.04. The molecular formula is C20H15ClF2INO4. The van der Waals surface area contributed by atoms with Crippen LogP contribution in [0.4, 0.5) is 8.78 Å². The van der Waals surface area contributed by atoms with Crippen LogP contribution in [0.2, 0.25) is 5.02 Å². The van der Waals surface area contributed by atoms with E-state index in [1.54, 1.807) is 12.1 Å². The number of benzene rings is 2. The SMILES string of the molecule is CCCOc1c(I)cc(/C=C2/N=C(c3cc(F)c(F)cc3Cl)OC2=O)cc1OC. The minimum atomic E-state index is -1.12. The third-order valence-corrected chi connectivity index (χ3v) is 4.98. The average molecular weight is 534 g/mol. The topological polar surface area (TPSA) is 57.1 Å². The highest BCUT2D eigenvalue weighted by Crippen LogP contribution is 2.35. The number of rotatable bonds is 6. The molecule has 0 spiro atoms. The summed E-state index contributed by atoms with van der Waals surface area (Å²) in [5.41, 5.74) is 0.599. The maximum atomic E-state index is 13.5. The van der Waals surface area contributed by atoms with E-state index in [-0.39, 0.29) is 22.2 Å². The van der Waals surface area contributed by atoms with Gasteiger partial charge in [0.25, 0.3) is 0 Å². The molecule has 0 amide bonds. The molecule has 2 aromatic rings. The van der Waals surface area contributed by atoms with E-state index >= 15 is 0 Å². The number of aliphatic imine (C=N–C) groups is 1. The number of hydrogen-bond acceptors (Lipinski definition) is 5. The van der Waals surface area contributed by atoms with Gasteiger partial charge in [-0.1, -0.05) is 18.5 Å². The van der Waals surface area contributed by atoms with Crippen molar-refractivity contribution in [1.29, 1.82) is 0 Å². The fourth-order valence-corrected chi connectivity index (χ4v) is 3.55. The van der Waals surface area contributed by atoms with Crippen LogP contribution in [0.15, 0.2) is 35.0 Å². The Labute approximate surface area is 184 Å². The van der Waals surface area contributed by atoms with E-state index in [4.69, 9.17) is 25.8 Å². The summed E-state index contributed by atoms with van der Waals surface area (Å²) in [4.78, 5) is 16.3. The molecule has 1 aliphatic rings. The Hall–Kier alpha value is -2.20. The van der Waals surface area contributed by atoms with E-state index in [2.05, 4.69) is 27.6 Å². The van der Waals surface area contributed by atoms with Gasteiger partial charge < -0.3 is 14.2 Å². The molecular weight excluding hydrogens is 519 g/mol. The van der Waals surface area contributed by atoms with Crippen LogP contribution in [-0.4, -0.2) is 25.6 Å². The Balaban J connectivity index is 1.97. The van der Waals surface area contributed by atoms with Crippen LogP contribution in [0, 0.1) is 15.2 Å². The lowest BCUT2D eigenvalue weighted by Gasteiger charge is -2.13. The van der Waals surface area contributed by atoms with Gasteiger partial charge in [-0.2, -0.15) is 0 Å². The zero-order valence-electron chi connectivity index (χ0n) is 15.4. The number of nitrogens with zero attached hydrogens (tertiary/aromatic N) is 1. The minimum absolute atomic E-state index is 0.0131. The summed E-state index contributed by atoms with van der Waals surface area (Å²) in [7, 11) is 1.52. The molecule has 152 valence electrons. The van der Waals surface area contributed by atoms with Crippen LogP contribution in [0.1, 0.15) is 24.5 Å². The molecule has 0 bridgehead atoms. The molecule has 29 heavy (non-hydrogen) atoms. The predicted molar refractivity (Wildman–Crippen MR) is 113 cm³/mol. The molecule has 0 saturated heterocycles.